The van der Waals surface area contributed by atoms with Gasteiger partial charge in [0.05, 0.1) is 15.3 Å². The van der Waals surface area contributed by atoms with Crippen LogP contribution in [0.2, 0.25) is 0 Å². The van der Waals surface area contributed by atoms with Gasteiger partial charge in [-0.3, -0.25) is 4.90 Å². The molecule has 1 fully saturated rings. The van der Waals surface area contributed by atoms with E-state index in [2.05, 4.69) is 72.2 Å². The molecule has 1 aromatic heterocycles. The largest absolute Gasteiger partial charge is 0.383 e. The lowest BCUT2D eigenvalue weighted by molar-refractivity contribution is 0.109. The van der Waals surface area contributed by atoms with Gasteiger partial charge in [0.15, 0.2) is 0 Å². The summed E-state index contributed by atoms with van der Waals surface area (Å²) in [6.45, 7) is 9.55. The fraction of sp³-hybridized carbons (Fsp3) is 0.714. The van der Waals surface area contributed by atoms with Crippen molar-refractivity contribution in [2.75, 3.05) is 39.5 Å². The van der Waals surface area contributed by atoms with E-state index in [1.165, 1.54) is 0 Å². The summed E-state index contributed by atoms with van der Waals surface area (Å²) >= 11 is 2.25. The molecule has 2 rings (SSSR count). The number of anilines is 1. The van der Waals surface area contributed by atoms with Crippen LogP contribution in [0.4, 0.5) is 5.82 Å². The van der Waals surface area contributed by atoms with Crippen LogP contribution in [-0.4, -0.2) is 53.5 Å². The number of rotatable bonds is 1. The molecule has 5 nitrogen and oxygen atoms in total. The summed E-state index contributed by atoms with van der Waals surface area (Å²) < 4.78 is 0.977. The maximum atomic E-state index is 6.11. The molecule has 0 radical (unpaired) electrons. The van der Waals surface area contributed by atoms with Crippen LogP contribution in [0.5, 0.6) is 0 Å². The minimum absolute atomic E-state index is 0.0263. The minimum atomic E-state index is -0.0263. The first-order valence-electron chi connectivity index (χ1n) is 6.92. The van der Waals surface area contributed by atoms with Crippen LogP contribution in [-0.2, 0) is 5.41 Å². The number of nitrogen functional groups attached to an aromatic ring is 1. The van der Waals surface area contributed by atoms with Crippen molar-refractivity contribution in [2.24, 2.45) is 0 Å². The average Bonchev–Trinajstić information content (AvgIpc) is 2.34. The molecule has 1 aliphatic heterocycles. The molecule has 0 aliphatic carbocycles. The van der Waals surface area contributed by atoms with E-state index in [4.69, 9.17) is 10.7 Å². The number of hydrogen-bond donors (Lipinski definition) is 1. The second kappa shape index (κ2) is 5.73. The Balaban J connectivity index is 2.44. The number of piperazine rings is 1. The first kappa shape index (κ1) is 15.9. The summed E-state index contributed by atoms with van der Waals surface area (Å²) in [5.74, 6) is 1.45. The van der Waals surface area contributed by atoms with Crippen molar-refractivity contribution >= 4 is 28.4 Å². The molecule has 0 bridgehead atoms. The van der Waals surface area contributed by atoms with Crippen LogP contribution < -0.4 is 5.73 Å². The van der Waals surface area contributed by atoms with Crippen LogP contribution in [0.3, 0.4) is 0 Å². The fourth-order valence-corrected chi connectivity index (χ4v) is 3.47. The monoisotopic (exact) mass is 389 g/mol. The summed E-state index contributed by atoms with van der Waals surface area (Å²) in [4.78, 5) is 14.0. The zero-order valence-corrected chi connectivity index (χ0v) is 15.1. The standard InChI is InChI=1S/C14H24IN5/c1-14(2,3)11-10(15)12(16)18-13(17-11)9-8-19(4)6-7-20(9)5/h9H,6-8H2,1-5H3,(H2,16,17,18). The van der Waals surface area contributed by atoms with E-state index in [1.54, 1.807) is 0 Å². The fourth-order valence-electron chi connectivity index (χ4n) is 2.42. The van der Waals surface area contributed by atoms with Crippen LogP contribution in [0.25, 0.3) is 0 Å². The highest BCUT2D eigenvalue weighted by atomic mass is 127. The van der Waals surface area contributed by atoms with Crippen molar-refractivity contribution < 1.29 is 0 Å². The number of likely N-dealkylation sites (N-methyl/N-ethyl adjacent to an activating group) is 2. The van der Waals surface area contributed by atoms with Gasteiger partial charge in [0.25, 0.3) is 0 Å². The predicted molar refractivity (Wildman–Crippen MR) is 90.7 cm³/mol. The van der Waals surface area contributed by atoms with E-state index in [9.17, 15) is 0 Å². The van der Waals surface area contributed by atoms with Gasteiger partial charge in [-0.15, -0.1) is 0 Å². The van der Waals surface area contributed by atoms with E-state index >= 15 is 0 Å². The Morgan fingerprint density at radius 1 is 1.20 bits per heavy atom. The van der Waals surface area contributed by atoms with Gasteiger partial charge in [-0.25, -0.2) is 9.97 Å². The summed E-state index contributed by atoms with van der Waals surface area (Å²) in [7, 11) is 4.27. The van der Waals surface area contributed by atoms with Gasteiger partial charge in [0.2, 0.25) is 0 Å². The molecule has 1 aromatic rings. The Kier molecular flexibility index (Phi) is 4.56. The van der Waals surface area contributed by atoms with E-state index in [0.717, 1.165) is 34.7 Å². The van der Waals surface area contributed by atoms with Gasteiger partial charge in [-0.05, 0) is 36.7 Å². The Hall–Kier alpha value is -0.470. The maximum Gasteiger partial charge on any atom is 0.149 e. The van der Waals surface area contributed by atoms with Crippen LogP contribution >= 0.6 is 22.6 Å². The Morgan fingerprint density at radius 2 is 1.85 bits per heavy atom. The number of halogens is 1. The highest BCUT2D eigenvalue weighted by Crippen LogP contribution is 2.30. The molecule has 6 heteroatoms. The third-order valence-electron chi connectivity index (χ3n) is 3.75. The average molecular weight is 389 g/mol. The third kappa shape index (κ3) is 3.23. The van der Waals surface area contributed by atoms with Gasteiger partial charge >= 0.3 is 0 Å². The number of nitrogens with two attached hydrogens (primary N) is 1. The smallest absolute Gasteiger partial charge is 0.149 e. The molecule has 2 N–H and O–H groups in total. The van der Waals surface area contributed by atoms with Gasteiger partial charge in [0.1, 0.15) is 11.6 Å². The van der Waals surface area contributed by atoms with E-state index in [0.29, 0.717) is 5.82 Å². The molecule has 0 spiro atoms. The van der Waals surface area contributed by atoms with Crippen molar-refractivity contribution in [1.82, 2.24) is 19.8 Å². The molecule has 1 saturated heterocycles. The Morgan fingerprint density at radius 3 is 2.45 bits per heavy atom. The Labute approximate surface area is 135 Å². The molecule has 1 aliphatic rings. The van der Waals surface area contributed by atoms with Gasteiger partial charge in [-0.1, -0.05) is 20.8 Å². The number of nitrogens with zero attached hydrogens (tertiary/aromatic N) is 4. The van der Waals surface area contributed by atoms with E-state index in [1.807, 2.05) is 0 Å². The van der Waals surface area contributed by atoms with Gasteiger partial charge < -0.3 is 10.6 Å². The Bertz CT molecular complexity index is 497. The molecule has 0 aromatic carbocycles. The lowest BCUT2D eigenvalue weighted by atomic mass is 9.91. The van der Waals surface area contributed by atoms with Crippen molar-refractivity contribution in [2.45, 2.75) is 32.2 Å². The minimum Gasteiger partial charge on any atom is -0.383 e. The van der Waals surface area contributed by atoms with E-state index in [-0.39, 0.29) is 11.5 Å². The van der Waals surface area contributed by atoms with E-state index < -0.39 is 0 Å². The summed E-state index contributed by atoms with van der Waals surface area (Å²) in [6, 6.07) is 0.217. The second-order valence-electron chi connectivity index (χ2n) is 6.64. The first-order valence-corrected chi connectivity index (χ1v) is 8.00. The highest BCUT2D eigenvalue weighted by Gasteiger charge is 2.29. The quantitative estimate of drug-likeness (QED) is 0.744. The first-order chi connectivity index (χ1) is 9.20. The zero-order valence-electron chi connectivity index (χ0n) is 12.9. The summed E-state index contributed by atoms with van der Waals surface area (Å²) in [5.41, 5.74) is 7.13. The molecule has 0 amide bonds. The van der Waals surface area contributed by atoms with Crippen LogP contribution in [0.1, 0.15) is 38.3 Å². The number of hydrogen-bond acceptors (Lipinski definition) is 5. The molecule has 1 atom stereocenters. The second-order valence-corrected chi connectivity index (χ2v) is 7.72. The topological polar surface area (TPSA) is 58.3 Å². The van der Waals surface area contributed by atoms with Crippen molar-refractivity contribution in [1.29, 1.82) is 0 Å². The predicted octanol–water partition coefficient (Wildman–Crippen LogP) is 1.88. The van der Waals surface area contributed by atoms with Crippen molar-refractivity contribution in [3.63, 3.8) is 0 Å². The van der Waals surface area contributed by atoms with Crippen molar-refractivity contribution in [3.8, 4) is 0 Å². The molecule has 1 unspecified atom stereocenters. The highest BCUT2D eigenvalue weighted by molar-refractivity contribution is 14.1. The molecule has 112 valence electrons. The molecule has 2 heterocycles. The molecular formula is C14H24IN5. The molecule has 0 saturated carbocycles. The zero-order chi connectivity index (χ0) is 15.1. The SMILES string of the molecule is CN1CCN(C)C(c2nc(N)c(I)c(C(C)(C)C)n2)C1. The maximum absolute atomic E-state index is 6.11. The van der Waals surface area contributed by atoms with Crippen LogP contribution in [0, 0.1) is 3.57 Å². The lowest BCUT2D eigenvalue weighted by Crippen LogP contribution is -2.45. The molecule has 20 heavy (non-hydrogen) atoms. The lowest BCUT2D eigenvalue weighted by Gasteiger charge is -2.37. The van der Waals surface area contributed by atoms with Gasteiger partial charge in [0, 0.05) is 25.0 Å². The van der Waals surface area contributed by atoms with Crippen molar-refractivity contribution in [3.05, 3.63) is 15.1 Å². The molecular weight excluding hydrogens is 365 g/mol. The van der Waals surface area contributed by atoms with Gasteiger partial charge in [-0.2, -0.15) is 0 Å². The third-order valence-corrected chi connectivity index (χ3v) is 4.82. The summed E-state index contributed by atoms with van der Waals surface area (Å²) in [6.07, 6.45) is 0. The van der Waals surface area contributed by atoms with Crippen LogP contribution in [0.15, 0.2) is 0 Å². The normalized spacial score (nSPS) is 22.2. The summed E-state index contributed by atoms with van der Waals surface area (Å²) in [5, 5.41) is 0. The number of aromatic nitrogens is 2.